The molecule has 0 bridgehead atoms. The van der Waals surface area contributed by atoms with Crippen LogP contribution in [0.3, 0.4) is 0 Å². The van der Waals surface area contributed by atoms with Crippen LogP contribution in [0.1, 0.15) is 77.1 Å². The molecule has 1 aliphatic heterocycles. The standard InChI is InChI=1S/C31H42N2O6S2/c1-19(16-21-12-13-30(2,3)31(21,4)5)39-29(38)23-8-6-14-33(23)28(37)22(18-41-26-9-7-15-40-26)32-27(36)20-10-11-24(34)25(35)17-20/h7,9-11,15,17,19,21-23,34-35H,6,8,12-14,16,18H2,1-5H3,(H,32,36). The fourth-order valence-electron chi connectivity index (χ4n) is 5.98. The van der Waals surface area contributed by atoms with Crippen LogP contribution >= 0.6 is 23.1 Å². The Morgan fingerprint density at radius 1 is 1.15 bits per heavy atom. The van der Waals surface area contributed by atoms with Crippen LogP contribution in [0.2, 0.25) is 0 Å². The maximum Gasteiger partial charge on any atom is 0.329 e. The van der Waals surface area contributed by atoms with E-state index in [0.29, 0.717) is 25.3 Å². The van der Waals surface area contributed by atoms with E-state index >= 15 is 0 Å². The van der Waals surface area contributed by atoms with Crippen LogP contribution in [-0.2, 0) is 14.3 Å². The first kappa shape index (κ1) is 31.2. The van der Waals surface area contributed by atoms with E-state index in [-0.39, 0.29) is 39.9 Å². The Bertz CT molecular complexity index is 1250. The molecule has 2 aromatic rings. The predicted octanol–water partition coefficient (Wildman–Crippen LogP) is 5.83. The number of esters is 1. The topological polar surface area (TPSA) is 116 Å². The molecule has 1 saturated carbocycles. The number of thioether (sulfide) groups is 1. The van der Waals surface area contributed by atoms with Crippen LogP contribution in [0.15, 0.2) is 39.9 Å². The molecule has 2 aliphatic rings. The van der Waals surface area contributed by atoms with E-state index in [0.717, 1.165) is 29.5 Å². The fourth-order valence-corrected chi connectivity index (χ4v) is 7.80. The third-order valence-electron chi connectivity index (χ3n) is 9.35. The van der Waals surface area contributed by atoms with Crippen molar-refractivity contribution in [3.63, 3.8) is 0 Å². The second kappa shape index (κ2) is 12.7. The van der Waals surface area contributed by atoms with Crippen molar-refractivity contribution in [2.45, 2.75) is 89.1 Å². The van der Waals surface area contributed by atoms with Crippen LogP contribution in [-0.4, -0.2) is 63.4 Å². The van der Waals surface area contributed by atoms with Crippen LogP contribution in [0.4, 0.5) is 0 Å². The average Bonchev–Trinajstić information content (AvgIpc) is 3.65. The Balaban J connectivity index is 1.43. The van der Waals surface area contributed by atoms with Crippen molar-refractivity contribution < 1.29 is 29.3 Å². The van der Waals surface area contributed by atoms with Gasteiger partial charge in [0.05, 0.1) is 10.3 Å². The number of hydrogen-bond acceptors (Lipinski definition) is 8. The lowest BCUT2D eigenvalue weighted by Gasteiger charge is -2.40. The van der Waals surface area contributed by atoms with Gasteiger partial charge < -0.3 is 25.2 Å². The molecule has 224 valence electrons. The minimum atomic E-state index is -0.905. The van der Waals surface area contributed by atoms with Gasteiger partial charge in [-0.15, -0.1) is 23.1 Å². The van der Waals surface area contributed by atoms with E-state index in [1.165, 1.54) is 23.9 Å². The first-order chi connectivity index (χ1) is 19.3. The van der Waals surface area contributed by atoms with Crippen molar-refractivity contribution in [3.05, 3.63) is 41.3 Å². The lowest BCUT2D eigenvalue weighted by atomic mass is 9.66. The largest absolute Gasteiger partial charge is 0.504 e. The number of benzene rings is 1. The average molecular weight is 603 g/mol. The molecular weight excluding hydrogens is 560 g/mol. The molecule has 3 N–H and O–H groups in total. The van der Waals surface area contributed by atoms with Crippen LogP contribution in [0.25, 0.3) is 0 Å². The number of carbonyl (C=O) groups is 3. The van der Waals surface area contributed by atoms with Gasteiger partial charge >= 0.3 is 5.97 Å². The quantitative estimate of drug-likeness (QED) is 0.178. The Kier molecular flexibility index (Phi) is 9.63. The number of phenols is 2. The number of nitrogens with one attached hydrogen (secondary N) is 1. The van der Waals surface area contributed by atoms with Crippen molar-refractivity contribution in [3.8, 4) is 11.5 Å². The minimum absolute atomic E-state index is 0.114. The molecule has 1 aliphatic carbocycles. The van der Waals surface area contributed by atoms with E-state index < -0.39 is 29.7 Å². The summed E-state index contributed by atoms with van der Waals surface area (Å²) in [4.78, 5) is 41.8. The van der Waals surface area contributed by atoms with Gasteiger partial charge in [0.25, 0.3) is 5.91 Å². The summed E-state index contributed by atoms with van der Waals surface area (Å²) in [5, 5.41) is 24.2. The van der Waals surface area contributed by atoms with Gasteiger partial charge in [-0.3, -0.25) is 9.59 Å². The molecule has 41 heavy (non-hydrogen) atoms. The number of nitrogens with zero attached hydrogens (tertiary/aromatic N) is 1. The number of phenolic OH excluding ortho intramolecular Hbond substituents is 2. The first-order valence-electron chi connectivity index (χ1n) is 14.3. The zero-order chi connectivity index (χ0) is 29.9. The molecule has 1 aromatic heterocycles. The van der Waals surface area contributed by atoms with Crippen molar-refractivity contribution >= 4 is 40.9 Å². The molecule has 8 nitrogen and oxygen atoms in total. The van der Waals surface area contributed by atoms with Gasteiger partial charge in [0.1, 0.15) is 12.1 Å². The summed E-state index contributed by atoms with van der Waals surface area (Å²) < 4.78 is 6.94. The Labute approximate surface area is 250 Å². The van der Waals surface area contributed by atoms with Crippen molar-refractivity contribution in [1.29, 1.82) is 0 Å². The van der Waals surface area contributed by atoms with E-state index in [1.807, 2.05) is 24.4 Å². The highest BCUT2D eigenvalue weighted by Gasteiger charge is 2.49. The molecule has 1 saturated heterocycles. The SMILES string of the molecule is CC(CC1CCC(C)(C)C1(C)C)OC(=O)C1CCCN1C(=O)C(CSc1cccs1)NC(=O)c1ccc(O)c(O)c1. The maximum absolute atomic E-state index is 13.8. The molecule has 0 radical (unpaired) electrons. The van der Waals surface area contributed by atoms with Gasteiger partial charge in [-0.1, -0.05) is 33.8 Å². The number of rotatable bonds is 10. The lowest BCUT2D eigenvalue weighted by molar-refractivity contribution is -0.158. The molecular formula is C31H42N2O6S2. The summed E-state index contributed by atoms with van der Waals surface area (Å²) in [7, 11) is 0. The summed E-state index contributed by atoms with van der Waals surface area (Å²) in [5.74, 6) is -1.32. The van der Waals surface area contributed by atoms with Crippen LogP contribution in [0, 0.1) is 16.7 Å². The fraction of sp³-hybridized carbons (Fsp3) is 0.581. The highest BCUT2D eigenvalue weighted by molar-refractivity contribution is 8.01. The molecule has 1 aromatic carbocycles. The van der Waals surface area contributed by atoms with Crippen LogP contribution < -0.4 is 5.32 Å². The summed E-state index contributed by atoms with van der Waals surface area (Å²) in [6.45, 7) is 11.6. The summed E-state index contributed by atoms with van der Waals surface area (Å²) in [5.41, 5.74) is 0.488. The second-order valence-electron chi connectivity index (χ2n) is 12.5. The number of hydrogen-bond donors (Lipinski definition) is 3. The number of ether oxygens (including phenoxy) is 1. The smallest absolute Gasteiger partial charge is 0.329 e. The molecule has 4 atom stereocenters. The van der Waals surface area contributed by atoms with E-state index in [9.17, 15) is 24.6 Å². The van der Waals surface area contributed by atoms with Gasteiger partial charge in [-0.2, -0.15) is 0 Å². The van der Waals surface area contributed by atoms with Gasteiger partial charge in [-0.25, -0.2) is 4.79 Å². The zero-order valence-corrected chi connectivity index (χ0v) is 26.1. The first-order valence-corrected chi connectivity index (χ1v) is 16.2. The third-order valence-corrected chi connectivity index (χ3v) is 11.6. The molecule has 2 amide bonds. The van der Waals surface area contributed by atoms with Gasteiger partial charge in [-0.05, 0) is 85.4 Å². The third kappa shape index (κ3) is 7.02. The predicted molar refractivity (Wildman–Crippen MR) is 161 cm³/mol. The minimum Gasteiger partial charge on any atom is -0.504 e. The van der Waals surface area contributed by atoms with E-state index in [2.05, 4.69) is 33.0 Å². The maximum atomic E-state index is 13.8. The normalized spacial score (nSPS) is 22.7. The van der Waals surface area contributed by atoms with Gasteiger partial charge in [0.2, 0.25) is 5.91 Å². The molecule has 4 rings (SSSR count). The zero-order valence-electron chi connectivity index (χ0n) is 24.5. The number of amides is 2. The van der Waals surface area contributed by atoms with Crippen LogP contribution in [0.5, 0.6) is 11.5 Å². The van der Waals surface area contributed by atoms with E-state index in [1.54, 1.807) is 16.2 Å². The number of thiophene rings is 1. The molecule has 2 heterocycles. The second-order valence-corrected chi connectivity index (χ2v) is 14.8. The van der Waals surface area contributed by atoms with Gasteiger partial charge in [0, 0.05) is 17.9 Å². The lowest BCUT2D eigenvalue weighted by Crippen LogP contribution is -2.53. The monoisotopic (exact) mass is 602 g/mol. The Hall–Kier alpha value is -2.72. The summed E-state index contributed by atoms with van der Waals surface area (Å²) in [6.07, 6.45) is 3.98. The number of aromatic hydroxyl groups is 2. The summed E-state index contributed by atoms with van der Waals surface area (Å²) in [6, 6.07) is 6.03. The van der Waals surface area contributed by atoms with Crippen molar-refractivity contribution in [1.82, 2.24) is 10.2 Å². The van der Waals surface area contributed by atoms with Crippen molar-refractivity contribution in [2.24, 2.45) is 16.7 Å². The molecule has 10 heteroatoms. The molecule has 0 spiro atoms. The summed E-state index contributed by atoms with van der Waals surface area (Å²) >= 11 is 3.00. The highest BCUT2D eigenvalue weighted by Crippen LogP contribution is 2.57. The highest BCUT2D eigenvalue weighted by atomic mass is 32.2. The van der Waals surface area contributed by atoms with Gasteiger partial charge in [0.15, 0.2) is 11.5 Å². The molecule has 2 fully saturated rings. The Morgan fingerprint density at radius 3 is 2.54 bits per heavy atom. The van der Waals surface area contributed by atoms with E-state index in [4.69, 9.17) is 4.74 Å². The molecule has 4 unspecified atom stereocenters. The Morgan fingerprint density at radius 2 is 1.90 bits per heavy atom. The number of carbonyl (C=O) groups excluding carboxylic acids is 3. The van der Waals surface area contributed by atoms with Crippen molar-refractivity contribution in [2.75, 3.05) is 12.3 Å². The number of likely N-dealkylation sites (tertiary alicyclic amines) is 1.